The minimum atomic E-state index is -0.382. The summed E-state index contributed by atoms with van der Waals surface area (Å²) in [5.74, 6) is -0.128. The second kappa shape index (κ2) is 4.17. The van der Waals surface area contributed by atoms with Crippen LogP contribution in [0.15, 0.2) is 24.3 Å². The van der Waals surface area contributed by atoms with Crippen molar-refractivity contribution in [2.24, 2.45) is 5.92 Å². The maximum Gasteiger partial charge on any atom is 0.234 e. The Balaban J connectivity index is 2.03. The summed E-state index contributed by atoms with van der Waals surface area (Å²) in [5, 5.41) is 0. The molecule has 1 aliphatic heterocycles. The van der Waals surface area contributed by atoms with Gasteiger partial charge in [0.05, 0.1) is 12.2 Å². The van der Waals surface area contributed by atoms with Crippen molar-refractivity contribution in [3.8, 4) is 0 Å². The molecule has 1 aromatic carbocycles. The van der Waals surface area contributed by atoms with Gasteiger partial charge >= 0.3 is 0 Å². The maximum atomic E-state index is 12.6. The van der Waals surface area contributed by atoms with Crippen molar-refractivity contribution in [3.05, 3.63) is 46.5 Å². The van der Waals surface area contributed by atoms with Crippen molar-refractivity contribution in [3.63, 3.8) is 0 Å². The summed E-state index contributed by atoms with van der Waals surface area (Å²) in [6, 6.07) is 3.94. The molecule has 1 aromatic rings. The van der Waals surface area contributed by atoms with E-state index in [4.69, 9.17) is 4.74 Å². The Kier molecular flexibility index (Phi) is 2.49. The molecule has 0 aromatic heterocycles. The highest BCUT2D eigenvalue weighted by atomic mass is 16.5. The number of allylic oxidation sites excluding steroid dienone is 1. The molecule has 0 N–H and O–H groups in total. The molecular formula is C18H16O3. The molecule has 0 amide bonds. The largest absolute Gasteiger partial charge is 0.492 e. The van der Waals surface area contributed by atoms with Crippen molar-refractivity contribution >= 4 is 22.9 Å². The molecule has 3 aliphatic rings. The number of ketones is 2. The summed E-state index contributed by atoms with van der Waals surface area (Å²) in [4.78, 5) is 25.1. The highest BCUT2D eigenvalue weighted by Gasteiger charge is 2.41. The summed E-state index contributed by atoms with van der Waals surface area (Å²) < 4.78 is 5.72. The Morgan fingerprint density at radius 1 is 1.14 bits per heavy atom. The van der Waals surface area contributed by atoms with Crippen LogP contribution in [-0.4, -0.2) is 18.2 Å². The smallest absolute Gasteiger partial charge is 0.234 e. The van der Waals surface area contributed by atoms with E-state index in [1.807, 2.05) is 19.1 Å². The van der Waals surface area contributed by atoms with E-state index in [0.29, 0.717) is 23.5 Å². The van der Waals surface area contributed by atoms with Gasteiger partial charge in [-0.25, -0.2) is 0 Å². The van der Waals surface area contributed by atoms with E-state index in [9.17, 15) is 9.59 Å². The first-order chi connectivity index (χ1) is 10.1. The van der Waals surface area contributed by atoms with Crippen LogP contribution in [0.25, 0.3) is 11.3 Å². The number of rotatable bonds is 0. The van der Waals surface area contributed by atoms with Gasteiger partial charge in [-0.1, -0.05) is 19.6 Å². The molecule has 1 atom stereocenters. The molecule has 0 fully saturated rings. The lowest BCUT2D eigenvalue weighted by atomic mass is 9.77. The normalized spacial score (nSPS) is 23.7. The van der Waals surface area contributed by atoms with E-state index in [1.165, 1.54) is 0 Å². The van der Waals surface area contributed by atoms with Gasteiger partial charge in [-0.2, -0.15) is 0 Å². The van der Waals surface area contributed by atoms with Crippen molar-refractivity contribution in [1.82, 2.24) is 0 Å². The van der Waals surface area contributed by atoms with Crippen molar-refractivity contribution < 1.29 is 14.3 Å². The van der Waals surface area contributed by atoms with Gasteiger partial charge in [-0.3, -0.25) is 9.59 Å². The molecule has 1 heterocycles. The molecule has 3 heteroatoms. The number of hydrogen-bond acceptors (Lipinski definition) is 3. The van der Waals surface area contributed by atoms with Gasteiger partial charge in [0.2, 0.25) is 11.6 Å². The van der Waals surface area contributed by atoms with Crippen molar-refractivity contribution in [2.45, 2.75) is 26.2 Å². The number of fused-ring (bicyclic) bond motifs is 4. The second-order valence-corrected chi connectivity index (χ2v) is 6.08. The number of benzene rings is 1. The molecule has 2 aliphatic carbocycles. The number of ether oxygens (including phenoxy) is 1. The minimum Gasteiger partial charge on any atom is -0.492 e. The lowest BCUT2D eigenvalue weighted by molar-refractivity contribution is -0.112. The number of carbonyl (C=O) groups excluding carboxylic acids is 2. The monoisotopic (exact) mass is 280 g/mol. The number of carbonyl (C=O) groups is 2. The van der Waals surface area contributed by atoms with Gasteiger partial charge in [0, 0.05) is 17.0 Å². The minimum absolute atomic E-state index is 0.00408. The van der Waals surface area contributed by atoms with E-state index in [2.05, 4.69) is 6.58 Å². The van der Waals surface area contributed by atoms with Crippen LogP contribution in [0, 0.1) is 5.92 Å². The van der Waals surface area contributed by atoms with Crippen LogP contribution in [-0.2, 0) is 16.0 Å². The van der Waals surface area contributed by atoms with E-state index >= 15 is 0 Å². The lowest BCUT2D eigenvalue weighted by Gasteiger charge is -2.25. The Morgan fingerprint density at radius 3 is 2.71 bits per heavy atom. The molecule has 106 valence electrons. The van der Waals surface area contributed by atoms with Crippen LogP contribution >= 0.6 is 0 Å². The third-order valence-corrected chi connectivity index (χ3v) is 4.74. The standard InChI is InChI=1S/C18H16O3/c1-9-4-3-5-12-11(9)6-7-13-15(12)17(20)16(19)14-10(2)8-21-18(13)14/h6-7,10H,1,3-5,8H2,2H3/t10-/m1/s1. The SMILES string of the molecule is C=C1CCCc2c1ccc1c2C(=O)C(=O)C2=C1OC[C@H]2C. The van der Waals surface area contributed by atoms with E-state index in [0.717, 1.165) is 41.5 Å². The van der Waals surface area contributed by atoms with Gasteiger partial charge in [0.15, 0.2) is 0 Å². The molecule has 0 unspecified atom stereocenters. The van der Waals surface area contributed by atoms with Crippen molar-refractivity contribution in [1.29, 1.82) is 0 Å². The van der Waals surface area contributed by atoms with E-state index < -0.39 is 0 Å². The summed E-state index contributed by atoms with van der Waals surface area (Å²) in [5.41, 5.74) is 4.99. The first-order valence-electron chi connectivity index (χ1n) is 7.40. The first-order valence-corrected chi connectivity index (χ1v) is 7.40. The van der Waals surface area contributed by atoms with Crippen LogP contribution in [0.4, 0.5) is 0 Å². The van der Waals surface area contributed by atoms with Crippen LogP contribution in [0.5, 0.6) is 0 Å². The Bertz CT molecular complexity index is 752. The predicted molar refractivity (Wildman–Crippen MR) is 79.8 cm³/mol. The van der Waals surface area contributed by atoms with Gasteiger partial charge in [-0.05, 0) is 42.0 Å². The van der Waals surface area contributed by atoms with Crippen LogP contribution in [0.2, 0.25) is 0 Å². The molecule has 0 spiro atoms. The fourth-order valence-electron chi connectivity index (χ4n) is 3.68. The molecule has 0 saturated heterocycles. The molecule has 0 bridgehead atoms. The van der Waals surface area contributed by atoms with Gasteiger partial charge < -0.3 is 4.74 Å². The zero-order valence-corrected chi connectivity index (χ0v) is 12.0. The van der Waals surface area contributed by atoms with Crippen LogP contribution < -0.4 is 0 Å². The van der Waals surface area contributed by atoms with Gasteiger partial charge in [0.1, 0.15) is 5.76 Å². The predicted octanol–water partition coefficient (Wildman–Crippen LogP) is 3.18. The Labute approximate surface area is 123 Å². The van der Waals surface area contributed by atoms with Gasteiger partial charge in [0.25, 0.3) is 0 Å². The highest BCUT2D eigenvalue weighted by Crippen LogP contribution is 2.43. The Morgan fingerprint density at radius 2 is 1.90 bits per heavy atom. The topological polar surface area (TPSA) is 43.4 Å². The van der Waals surface area contributed by atoms with Crippen molar-refractivity contribution in [2.75, 3.05) is 6.61 Å². The third kappa shape index (κ3) is 1.54. The summed E-state index contributed by atoms with van der Waals surface area (Å²) in [7, 11) is 0. The summed E-state index contributed by atoms with van der Waals surface area (Å²) in [6.07, 6.45) is 2.76. The number of hydrogen-bond donors (Lipinski definition) is 0. The average Bonchev–Trinajstić information content (AvgIpc) is 2.86. The molecule has 0 radical (unpaired) electrons. The Hall–Kier alpha value is -2.16. The summed E-state index contributed by atoms with van der Waals surface area (Å²) >= 11 is 0. The lowest BCUT2D eigenvalue weighted by Crippen LogP contribution is -2.27. The number of Topliss-reactive ketones (excluding diaryl/α,β-unsaturated/α-hetero) is 2. The maximum absolute atomic E-state index is 12.6. The fourth-order valence-corrected chi connectivity index (χ4v) is 3.68. The highest BCUT2D eigenvalue weighted by molar-refractivity contribution is 6.52. The molecule has 21 heavy (non-hydrogen) atoms. The molecule has 0 saturated carbocycles. The molecule has 4 rings (SSSR count). The zero-order chi connectivity index (χ0) is 14.7. The summed E-state index contributed by atoms with van der Waals surface area (Å²) in [6.45, 7) is 6.50. The zero-order valence-electron chi connectivity index (χ0n) is 12.0. The molecular weight excluding hydrogens is 264 g/mol. The van der Waals surface area contributed by atoms with E-state index in [1.54, 1.807) is 0 Å². The van der Waals surface area contributed by atoms with Gasteiger partial charge in [-0.15, -0.1) is 0 Å². The average molecular weight is 280 g/mol. The van der Waals surface area contributed by atoms with E-state index in [-0.39, 0.29) is 17.5 Å². The quantitative estimate of drug-likeness (QED) is 0.685. The fraction of sp³-hybridized carbons (Fsp3) is 0.333. The van der Waals surface area contributed by atoms with Crippen LogP contribution in [0.1, 0.15) is 46.8 Å². The second-order valence-electron chi connectivity index (χ2n) is 6.08. The third-order valence-electron chi connectivity index (χ3n) is 4.74. The molecule has 3 nitrogen and oxygen atoms in total. The van der Waals surface area contributed by atoms with Crippen LogP contribution in [0.3, 0.4) is 0 Å². The first kappa shape index (κ1) is 12.6.